The predicted octanol–water partition coefficient (Wildman–Crippen LogP) is 2.89. The van der Waals surface area contributed by atoms with Crippen molar-refractivity contribution in [1.29, 1.82) is 0 Å². The van der Waals surface area contributed by atoms with Gasteiger partial charge in [0.2, 0.25) is 0 Å². The van der Waals surface area contributed by atoms with Crippen molar-refractivity contribution in [3.63, 3.8) is 0 Å². The molecule has 0 amide bonds. The van der Waals surface area contributed by atoms with E-state index in [2.05, 4.69) is 27.4 Å². The second-order valence-corrected chi connectivity index (χ2v) is 6.62. The summed E-state index contributed by atoms with van der Waals surface area (Å²) < 4.78 is 0. The lowest BCUT2D eigenvalue weighted by Crippen LogP contribution is -2.62. The first-order valence-electron chi connectivity index (χ1n) is 6.87. The van der Waals surface area contributed by atoms with Crippen LogP contribution in [0.1, 0.15) is 52.9 Å². The Kier molecular flexibility index (Phi) is 3.16. The molecule has 0 heterocycles. The van der Waals surface area contributed by atoms with Crippen LogP contribution < -0.4 is 0 Å². The van der Waals surface area contributed by atoms with E-state index in [-0.39, 0.29) is 17.4 Å². The third kappa shape index (κ3) is 1.77. The summed E-state index contributed by atoms with van der Waals surface area (Å²) in [5.41, 5.74) is 0.135. The van der Waals surface area contributed by atoms with Crippen molar-refractivity contribution in [2.75, 3.05) is 0 Å². The van der Waals surface area contributed by atoms with Gasteiger partial charge in [0.1, 0.15) is 0 Å². The topological polar surface area (TPSA) is 40.5 Å². The molecule has 0 spiro atoms. The van der Waals surface area contributed by atoms with E-state index in [1.807, 2.05) is 0 Å². The maximum Gasteiger partial charge on any atom is 0.0756 e. The van der Waals surface area contributed by atoms with E-state index in [0.717, 1.165) is 32.1 Å². The van der Waals surface area contributed by atoms with Crippen molar-refractivity contribution in [3.05, 3.63) is 12.2 Å². The van der Waals surface area contributed by atoms with E-state index in [4.69, 9.17) is 0 Å². The van der Waals surface area contributed by atoms with Gasteiger partial charge >= 0.3 is 0 Å². The van der Waals surface area contributed by atoms with Crippen LogP contribution in [0.3, 0.4) is 0 Å². The summed E-state index contributed by atoms with van der Waals surface area (Å²) in [5, 5.41) is 21.4. The minimum absolute atomic E-state index is 0.276. The Morgan fingerprint density at radius 1 is 1.29 bits per heavy atom. The molecule has 5 atom stereocenters. The van der Waals surface area contributed by atoms with Crippen molar-refractivity contribution in [3.8, 4) is 0 Å². The highest BCUT2D eigenvalue weighted by Gasteiger charge is 2.59. The van der Waals surface area contributed by atoms with Crippen molar-refractivity contribution in [2.24, 2.45) is 17.3 Å². The van der Waals surface area contributed by atoms with Gasteiger partial charge in [0, 0.05) is 5.41 Å². The van der Waals surface area contributed by atoms with E-state index in [9.17, 15) is 10.2 Å². The molecule has 2 nitrogen and oxygen atoms in total. The van der Waals surface area contributed by atoms with Crippen LogP contribution in [0.15, 0.2) is 12.2 Å². The molecule has 17 heavy (non-hydrogen) atoms. The van der Waals surface area contributed by atoms with Gasteiger partial charge in [-0.15, -0.1) is 0 Å². The summed E-state index contributed by atoms with van der Waals surface area (Å²) in [7, 11) is 0. The molecule has 2 aliphatic carbocycles. The van der Waals surface area contributed by atoms with Crippen molar-refractivity contribution >= 4 is 0 Å². The van der Waals surface area contributed by atoms with Gasteiger partial charge in [-0.05, 0) is 50.9 Å². The number of hydrogen-bond acceptors (Lipinski definition) is 2. The third-order valence-electron chi connectivity index (χ3n) is 5.68. The molecular weight excluding hydrogens is 212 g/mol. The monoisotopic (exact) mass is 238 g/mol. The maximum atomic E-state index is 11.1. The smallest absolute Gasteiger partial charge is 0.0756 e. The number of fused-ring (bicyclic) bond motifs is 1. The van der Waals surface area contributed by atoms with Gasteiger partial charge in [-0.3, -0.25) is 0 Å². The quantitative estimate of drug-likeness (QED) is 0.690. The summed E-state index contributed by atoms with van der Waals surface area (Å²) in [5.74, 6) is 0.693. The number of allylic oxidation sites excluding steroid dienone is 1. The van der Waals surface area contributed by atoms with Crippen LogP contribution in [-0.4, -0.2) is 21.9 Å². The molecule has 0 aromatic rings. The molecule has 2 saturated carbocycles. The lowest BCUT2D eigenvalue weighted by molar-refractivity contribution is -0.217. The lowest BCUT2D eigenvalue weighted by atomic mass is 9.50. The van der Waals surface area contributed by atoms with Gasteiger partial charge in [-0.2, -0.15) is 0 Å². The molecular formula is C15H26O2. The Morgan fingerprint density at radius 2 is 1.94 bits per heavy atom. The van der Waals surface area contributed by atoms with E-state index in [1.165, 1.54) is 5.57 Å². The van der Waals surface area contributed by atoms with Crippen molar-refractivity contribution < 1.29 is 10.2 Å². The molecule has 0 unspecified atom stereocenters. The van der Waals surface area contributed by atoms with Crippen LogP contribution in [0.25, 0.3) is 0 Å². The summed E-state index contributed by atoms with van der Waals surface area (Å²) >= 11 is 0. The average molecular weight is 238 g/mol. The number of hydrogen-bond donors (Lipinski definition) is 2. The number of aliphatic hydroxyl groups excluding tert-OH is 1. The molecule has 0 aliphatic heterocycles. The number of aliphatic hydroxyl groups is 2. The van der Waals surface area contributed by atoms with Crippen LogP contribution in [0.4, 0.5) is 0 Å². The second-order valence-electron chi connectivity index (χ2n) is 6.62. The maximum absolute atomic E-state index is 11.1. The highest BCUT2D eigenvalue weighted by molar-refractivity contribution is 5.13. The second kappa shape index (κ2) is 4.10. The van der Waals surface area contributed by atoms with Gasteiger partial charge in [-0.1, -0.05) is 26.0 Å². The number of rotatable bonds is 1. The normalized spacial score (nSPS) is 50.8. The standard InChI is InChI=1S/C15H26O2/c1-10(2)12-7-8-14(4)13(16)6-5-11(3)15(14,17)9-12/h11-13,16-17H,1,5-9H2,2-4H3/t11-,12+,13+,14-,15+/m0/s1. The SMILES string of the molecule is C=C(C)[C@@H]1CC[C@@]2(C)[C@H](O)CC[C@H](C)[C@]2(O)C1. The highest BCUT2D eigenvalue weighted by Crippen LogP contribution is 2.57. The van der Waals surface area contributed by atoms with Gasteiger partial charge < -0.3 is 10.2 Å². The molecule has 0 radical (unpaired) electrons. The van der Waals surface area contributed by atoms with E-state index in [0.29, 0.717) is 5.92 Å². The summed E-state index contributed by atoms with van der Waals surface area (Å²) in [6, 6.07) is 0. The van der Waals surface area contributed by atoms with Crippen LogP contribution in [0.2, 0.25) is 0 Å². The van der Waals surface area contributed by atoms with Crippen molar-refractivity contribution in [1.82, 2.24) is 0 Å². The fourth-order valence-corrected chi connectivity index (χ4v) is 4.01. The Balaban J connectivity index is 2.32. The average Bonchev–Trinajstić information content (AvgIpc) is 2.27. The third-order valence-corrected chi connectivity index (χ3v) is 5.68. The predicted molar refractivity (Wildman–Crippen MR) is 69.6 cm³/mol. The molecule has 2 rings (SSSR count). The van der Waals surface area contributed by atoms with E-state index >= 15 is 0 Å². The first-order valence-corrected chi connectivity index (χ1v) is 6.87. The van der Waals surface area contributed by atoms with E-state index in [1.54, 1.807) is 0 Å². The van der Waals surface area contributed by atoms with Crippen LogP contribution in [0.5, 0.6) is 0 Å². The van der Waals surface area contributed by atoms with Crippen LogP contribution in [0, 0.1) is 17.3 Å². The first kappa shape index (κ1) is 13.1. The molecule has 0 bridgehead atoms. The zero-order valence-electron chi connectivity index (χ0n) is 11.4. The highest BCUT2D eigenvalue weighted by atomic mass is 16.3. The van der Waals surface area contributed by atoms with Crippen LogP contribution >= 0.6 is 0 Å². The Hall–Kier alpha value is -0.340. The molecule has 2 heteroatoms. The van der Waals surface area contributed by atoms with Gasteiger partial charge in [0.15, 0.2) is 0 Å². The molecule has 0 aromatic carbocycles. The first-order chi connectivity index (χ1) is 7.81. The zero-order chi connectivity index (χ0) is 12.8. The summed E-state index contributed by atoms with van der Waals surface area (Å²) in [6.45, 7) is 10.3. The largest absolute Gasteiger partial charge is 0.392 e. The van der Waals surface area contributed by atoms with Gasteiger partial charge in [-0.25, -0.2) is 0 Å². The van der Waals surface area contributed by atoms with Gasteiger partial charge in [0.05, 0.1) is 11.7 Å². The fraction of sp³-hybridized carbons (Fsp3) is 0.867. The molecule has 0 aromatic heterocycles. The Labute approximate surface area is 105 Å². The fourth-order valence-electron chi connectivity index (χ4n) is 4.01. The van der Waals surface area contributed by atoms with E-state index < -0.39 is 5.60 Å². The zero-order valence-corrected chi connectivity index (χ0v) is 11.4. The molecule has 2 N–H and O–H groups in total. The minimum atomic E-state index is -0.716. The lowest BCUT2D eigenvalue weighted by Gasteiger charge is -2.59. The Morgan fingerprint density at radius 3 is 2.53 bits per heavy atom. The van der Waals surface area contributed by atoms with Gasteiger partial charge in [0.25, 0.3) is 0 Å². The molecule has 2 aliphatic rings. The minimum Gasteiger partial charge on any atom is -0.392 e. The summed E-state index contributed by atoms with van der Waals surface area (Å²) in [4.78, 5) is 0. The molecule has 2 fully saturated rings. The van der Waals surface area contributed by atoms with Crippen molar-refractivity contribution in [2.45, 2.75) is 64.6 Å². The van der Waals surface area contributed by atoms with Crippen LogP contribution in [-0.2, 0) is 0 Å². The Bertz CT molecular complexity index is 325. The summed E-state index contributed by atoms with van der Waals surface area (Å²) in [6.07, 6.45) is 4.14. The molecule has 98 valence electrons. The molecule has 0 saturated heterocycles.